The van der Waals surface area contributed by atoms with Gasteiger partial charge in [-0.15, -0.1) is 0 Å². The summed E-state index contributed by atoms with van der Waals surface area (Å²) in [6, 6.07) is 0. The maximum atomic E-state index is 14.6. The number of rotatable bonds is 3. The average molecular weight is 426 g/mol. The molecule has 1 heterocycles. The monoisotopic (exact) mass is 426 g/mol. The standard InChI is InChI=1S/C18H22F4O5S/c19-17(20,18(21,22)28(23,24)25)13-6-9-5-11(13)15-14(9)26-16(27-15)10-2-7-1-8(4-10)12(16)3-7/h7-15H,1-6H2,(H,23,24,25). The first-order valence-corrected chi connectivity index (χ1v) is 11.5. The minimum Gasteiger partial charge on any atom is -0.343 e. The molecular formula is C18H22F4O5S. The molecule has 158 valence electrons. The normalized spacial score (nSPS) is 54.2. The predicted molar refractivity (Wildman–Crippen MR) is 86.1 cm³/mol. The molecule has 0 radical (unpaired) electrons. The Hall–Kier alpha value is -0.450. The molecule has 1 spiro atoms. The van der Waals surface area contributed by atoms with Crippen LogP contribution < -0.4 is 0 Å². The summed E-state index contributed by atoms with van der Waals surface area (Å²) < 4.78 is 100. The summed E-state index contributed by atoms with van der Waals surface area (Å²) in [7, 11) is -6.23. The lowest BCUT2D eigenvalue weighted by Gasteiger charge is -2.41. The van der Waals surface area contributed by atoms with E-state index in [0.29, 0.717) is 11.8 Å². The minimum absolute atomic E-state index is 0.234. The molecule has 6 saturated carbocycles. The molecule has 10 atom stereocenters. The zero-order valence-corrected chi connectivity index (χ0v) is 15.8. The van der Waals surface area contributed by atoms with E-state index in [2.05, 4.69) is 0 Å². The van der Waals surface area contributed by atoms with Crippen LogP contribution in [0.15, 0.2) is 0 Å². The lowest BCUT2D eigenvalue weighted by Crippen LogP contribution is -2.55. The van der Waals surface area contributed by atoms with E-state index in [1.165, 1.54) is 0 Å². The maximum absolute atomic E-state index is 14.6. The molecule has 1 aliphatic heterocycles. The van der Waals surface area contributed by atoms with Crippen LogP contribution in [0, 0.1) is 41.4 Å². The molecule has 0 aromatic carbocycles. The molecule has 7 rings (SSSR count). The first-order valence-electron chi connectivity index (χ1n) is 10.0. The largest absolute Gasteiger partial charge is 0.431 e. The molecule has 28 heavy (non-hydrogen) atoms. The van der Waals surface area contributed by atoms with Gasteiger partial charge in [-0.25, -0.2) is 0 Å². The van der Waals surface area contributed by atoms with E-state index in [0.717, 1.165) is 25.7 Å². The summed E-state index contributed by atoms with van der Waals surface area (Å²) in [4.78, 5) is 0. The van der Waals surface area contributed by atoms with Gasteiger partial charge in [-0.3, -0.25) is 4.55 Å². The van der Waals surface area contributed by atoms with E-state index in [9.17, 15) is 26.0 Å². The number of hydrogen-bond acceptors (Lipinski definition) is 4. The van der Waals surface area contributed by atoms with Crippen LogP contribution in [-0.2, 0) is 19.6 Å². The molecule has 10 heteroatoms. The van der Waals surface area contributed by atoms with Crippen molar-refractivity contribution in [2.24, 2.45) is 41.4 Å². The van der Waals surface area contributed by atoms with Gasteiger partial charge in [-0.05, 0) is 62.2 Å². The molecule has 6 bridgehead atoms. The van der Waals surface area contributed by atoms with Crippen LogP contribution in [0.25, 0.3) is 0 Å². The first-order chi connectivity index (χ1) is 13.0. The fourth-order valence-electron chi connectivity index (χ4n) is 7.88. The van der Waals surface area contributed by atoms with Gasteiger partial charge in [0.1, 0.15) is 0 Å². The number of alkyl halides is 4. The van der Waals surface area contributed by atoms with Gasteiger partial charge in [0, 0.05) is 17.8 Å². The second-order valence-electron chi connectivity index (χ2n) is 9.88. The molecule has 0 aromatic rings. The van der Waals surface area contributed by atoms with Gasteiger partial charge >= 0.3 is 21.3 Å². The Labute approximate surface area is 159 Å². The predicted octanol–water partition coefficient (Wildman–Crippen LogP) is 3.30. The Morgan fingerprint density at radius 1 is 0.893 bits per heavy atom. The van der Waals surface area contributed by atoms with E-state index in [1.807, 2.05) is 0 Å². The molecule has 6 aliphatic carbocycles. The molecule has 0 amide bonds. The van der Waals surface area contributed by atoms with Gasteiger partial charge in [-0.2, -0.15) is 26.0 Å². The fourth-order valence-corrected chi connectivity index (χ4v) is 8.37. The summed E-state index contributed by atoms with van der Waals surface area (Å²) in [5.74, 6) is -7.04. The molecular weight excluding hydrogens is 404 g/mol. The third-order valence-electron chi connectivity index (χ3n) is 8.76. The Balaban J connectivity index is 1.30. The molecule has 1 N–H and O–H groups in total. The zero-order chi connectivity index (χ0) is 19.9. The second-order valence-corrected chi connectivity index (χ2v) is 11.3. The summed E-state index contributed by atoms with van der Waals surface area (Å²) in [6.45, 7) is 0. The van der Waals surface area contributed by atoms with Gasteiger partial charge in [0.05, 0.1) is 12.2 Å². The summed E-state index contributed by atoms with van der Waals surface area (Å²) in [6.07, 6.45) is 3.10. The number of halogens is 4. The van der Waals surface area contributed by atoms with Gasteiger partial charge < -0.3 is 9.47 Å². The molecule has 5 nitrogen and oxygen atoms in total. The molecule has 0 aromatic heterocycles. The smallest absolute Gasteiger partial charge is 0.343 e. The highest BCUT2D eigenvalue weighted by Gasteiger charge is 2.77. The van der Waals surface area contributed by atoms with Crippen molar-refractivity contribution in [2.45, 2.75) is 67.7 Å². The van der Waals surface area contributed by atoms with Crippen LogP contribution in [0.2, 0.25) is 0 Å². The van der Waals surface area contributed by atoms with Crippen molar-refractivity contribution in [1.82, 2.24) is 0 Å². The molecule has 1 saturated heterocycles. The van der Waals surface area contributed by atoms with E-state index in [-0.39, 0.29) is 36.7 Å². The van der Waals surface area contributed by atoms with Crippen LogP contribution >= 0.6 is 0 Å². The van der Waals surface area contributed by atoms with Crippen LogP contribution in [0.4, 0.5) is 17.6 Å². The second kappa shape index (κ2) is 5.06. The van der Waals surface area contributed by atoms with Crippen molar-refractivity contribution in [2.75, 3.05) is 0 Å². The third-order valence-corrected chi connectivity index (χ3v) is 9.68. The number of hydrogen-bond donors (Lipinski definition) is 1. The fraction of sp³-hybridized carbons (Fsp3) is 1.00. The molecule has 10 unspecified atom stereocenters. The molecule has 7 aliphatic rings. The quantitative estimate of drug-likeness (QED) is 0.554. The third kappa shape index (κ3) is 1.92. The highest BCUT2D eigenvalue weighted by Crippen LogP contribution is 2.70. The van der Waals surface area contributed by atoms with E-state index in [1.54, 1.807) is 0 Å². The van der Waals surface area contributed by atoms with Crippen molar-refractivity contribution in [3.05, 3.63) is 0 Å². The maximum Gasteiger partial charge on any atom is 0.431 e. The van der Waals surface area contributed by atoms with Crippen LogP contribution in [-0.4, -0.2) is 42.1 Å². The van der Waals surface area contributed by atoms with Crippen molar-refractivity contribution in [3.63, 3.8) is 0 Å². The SMILES string of the molecule is O=S(=O)(O)C(F)(F)C(F)(F)C1CC2CC1C1OC3(OC21)C1CC2CC(C1)C3C2. The van der Waals surface area contributed by atoms with Gasteiger partial charge in [0.2, 0.25) is 0 Å². The number of fused-ring (bicyclic) bond motifs is 5. The van der Waals surface area contributed by atoms with Crippen LogP contribution in [0.5, 0.6) is 0 Å². The van der Waals surface area contributed by atoms with E-state index >= 15 is 0 Å². The van der Waals surface area contributed by atoms with Gasteiger partial charge in [0.25, 0.3) is 0 Å². The van der Waals surface area contributed by atoms with Crippen molar-refractivity contribution in [1.29, 1.82) is 0 Å². The topological polar surface area (TPSA) is 72.8 Å². The Kier molecular flexibility index (Phi) is 3.31. The van der Waals surface area contributed by atoms with E-state index < -0.39 is 45.0 Å². The lowest BCUT2D eigenvalue weighted by atomic mass is 9.78. The van der Waals surface area contributed by atoms with Crippen molar-refractivity contribution < 1.29 is 40.0 Å². The first kappa shape index (κ1) is 18.3. The average Bonchev–Trinajstić information content (AvgIpc) is 3.34. The Morgan fingerprint density at radius 3 is 2.29 bits per heavy atom. The number of ether oxygens (including phenoxy) is 2. The van der Waals surface area contributed by atoms with Crippen molar-refractivity contribution >= 4 is 10.1 Å². The summed E-state index contributed by atoms with van der Waals surface area (Å²) >= 11 is 0. The molecule has 7 fully saturated rings. The highest BCUT2D eigenvalue weighted by atomic mass is 32.2. The van der Waals surface area contributed by atoms with Crippen LogP contribution in [0.1, 0.15) is 38.5 Å². The van der Waals surface area contributed by atoms with Gasteiger partial charge in [0.15, 0.2) is 5.79 Å². The highest BCUT2D eigenvalue weighted by molar-refractivity contribution is 7.87. The van der Waals surface area contributed by atoms with Crippen molar-refractivity contribution in [3.8, 4) is 0 Å². The summed E-state index contributed by atoms with van der Waals surface area (Å²) in [5.41, 5.74) is 0. The summed E-state index contributed by atoms with van der Waals surface area (Å²) in [5, 5.41) is -5.52. The minimum atomic E-state index is -6.23. The lowest BCUT2D eigenvalue weighted by molar-refractivity contribution is -0.249. The zero-order valence-electron chi connectivity index (χ0n) is 14.9. The Bertz CT molecular complexity index is 830. The Morgan fingerprint density at radius 2 is 1.61 bits per heavy atom. The van der Waals surface area contributed by atoms with Crippen LogP contribution in [0.3, 0.4) is 0 Å². The van der Waals surface area contributed by atoms with Gasteiger partial charge in [-0.1, -0.05) is 0 Å². The van der Waals surface area contributed by atoms with E-state index in [4.69, 9.17) is 14.0 Å².